The second-order valence-corrected chi connectivity index (χ2v) is 11.8. The normalized spacial score (nSPS) is 11.9. The number of furan rings is 1. The van der Waals surface area contributed by atoms with Gasteiger partial charge >= 0.3 is 0 Å². The Morgan fingerprint density at radius 1 is 0.800 bits per heavy atom. The minimum Gasteiger partial charge on any atom is -0.437 e. The summed E-state index contributed by atoms with van der Waals surface area (Å²) in [5.41, 5.74) is 12.5. The van der Waals surface area contributed by atoms with E-state index in [4.69, 9.17) is 9.40 Å². The van der Waals surface area contributed by atoms with Crippen molar-refractivity contribution >= 4 is 22.1 Å². The molecule has 0 aliphatic heterocycles. The van der Waals surface area contributed by atoms with E-state index < -0.39 is 0 Å². The van der Waals surface area contributed by atoms with Crippen LogP contribution < -0.4 is 4.57 Å². The maximum Gasteiger partial charge on any atom is 0.297 e. The third-order valence-corrected chi connectivity index (χ3v) is 8.13. The van der Waals surface area contributed by atoms with Gasteiger partial charge in [0.2, 0.25) is 5.71 Å². The maximum absolute atomic E-state index is 6.59. The van der Waals surface area contributed by atoms with Crippen LogP contribution in [0, 0.1) is 20.8 Å². The first-order chi connectivity index (χ1) is 19.2. The molecule has 0 saturated carbocycles. The number of hydrogen-bond acceptors (Lipinski definition) is 2. The van der Waals surface area contributed by atoms with Crippen LogP contribution in [0.3, 0.4) is 0 Å². The van der Waals surface area contributed by atoms with Crippen molar-refractivity contribution in [3.8, 4) is 28.2 Å². The largest absolute Gasteiger partial charge is 0.437 e. The Morgan fingerprint density at radius 2 is 1.48 bits per heavy atom. The number of aryl methyl sites for hydroxylation is 4. The molecule has 3 heterocycles. The molecule has 3 aromatic carbocycles. The lowest BCUT2D eigenvalue weighted by Crippen LogP contribution is -2.29. The number of fused-ring (bicyclic) bond motifs is 3. The Balaban J connectivity index is 1.69. The van der Waals surface area contributed by atoms with E-state index in [0.29, 0.717) is 17.5 Å². The number of rotatable bonds is 5. The second-order valence-electron chi connectivity index (χ2n) is 11.8. The highest BCUT2D eigenvalue weighted by molar-refractivity contribution is 6.10. The highest BCUT2D eigenvalue weighted by atomic mass is 16.3. The Bertz CT molecular complexity index is 1860. The van der Waals surface area contributed by atoms with E-state index in [0.717, 1.165) is 33.4 Å². The van der Waals surface area contributed by atoms with Crippen LogP contribution in [0.5, 0.6) is 0 Å². The molecule has 0 N–H and O–H groups in total. The molecular weight excluding hydrogens is 490 g/mol. The minimum absolute atomic E-state index is 0.342. The van der Waals surface area contributed by atoms with Crippen LogP contribution in [0.25, 0.3) is 50.3 Å². The van der Waals surface area contributed by atoms with Crippen LogP contribution in [0.4, 0.5) is 0 Å². The molecule has 0 amide bonds. The van der Waals surface area contributed by atoms with Gasteiger partial charge in [0.25, 0.3) is 5.82 Å². The number of benzene rings is 3. The van der Waals surface area contributed by atoms with Gasteiger partial charge in [-0.2, -0.15) is 4.57 Å². The molecule has 0 spiro atoms. The van der Waals surface area contributed by atoms with Crippen molar-refractivity contribution in [1.29, 1.82) is 0 Å². The molecule has 0 unspecified atom stereocenters. The predicted octanol–water partition coefficient (Wildman–Crippen LogP) is 9.10. The number of hydrogen-bond donors (Lipinski definition) is 0. The van der Waals surface area contributed by atoms with E-state index in [2.05, 4.69) is 131 Å². The molecule has 6 aromatic rings. The molecule has 202 valence electrons. The molecule has 0 atom stereocenters. The van der Waals surface area contributed by atoms with Crippen LogP contribution >= 0.6 is 0 Å². The quantitative estimate of drug-likeness (QED) is 0.209. The first-order valence-corrected chi connectivity index (χ1v) is 14.3. The molecule has 40 heavy (non-hydrogen) atoms. The summed E-state index contributed by atoms with van der Waals surface area (Å²) >= 11 is 0. The van der Waals surface area contributed by atoms with Gasteiger partial charge in [-0.3, -0.25) is 0 Å². The molecule has 0 saturated heterocycles. The molecule has 4 nitrogen and oxygen atoms in total. The number of nitrogens with zero attached hydrogens (tertiary/aromatic N) is 3. The summed E-state index contributed by atoms with van der Waals surface area (Å²) < 4.78 is 11.2. The van der Waals surface area contributed by atoms with Crippen molar-refractivity contribution < 1.29 is 8.98 Å². The van der Waals surface area contributed by atoms with E-state index in [1.807, 2.05) is 6.92 Å². The van der Waals surface area contributed by atoms with Gasteiger partial charge in [0, 0.05) is 22.2 Å². The Hall–Kier alpha value is -4.18. The lowest BCUT2D eigenvalue weighted by molar-refractivity contribution is -0.659. The molecule has 4 heteroatoms. The summed E-state index contributed by atoms with van der Waals surface area (Å²) in [6.45, 7) is 15.5. The fourth-order valence-corrected chi connectivity index (χ4v) is 6.15. The molecule has 0 aliphatic carbocycles. The monoisotopic (exact) mass is 528 g/mol. The van der Waals surface area contributed by atoms with Gasteiger partial charge in [-0.1, -0.05) is 70.2 Å². The number of pyridine rings is 1. The first-order valence-electron chi connectivity index (χ1n) is 14.3. The second kappa shape index (κ2) is 9.78. The lowest BCUT2D eigenvalue weighted by atomic mass is 9.88. The van der Waals surface area contributed by atoms with Crippen molar-refractivity contribution in [2.45, 2.75) is 60.3 Å². The summed E-state index contributed by atoms with van der Waals surface area (Å²) in [6, 6.07) is 22.0. The van der Waals surface area contributed by atoms with Crippen LogP contribution in [0.2, 0.25) is 0 Å². The summed E-state index contributed by atoms with van der Waals surface area (Å²) in [5.74, 6) is 1.79. The summed E-state index contributed by atoms with van der Waals surface area (Å²) in [5, 5.41) is 2.21. The van der Waals surface area contributed by atoms with E-state index in [-0.39, 0.29) is 0 Å². The SMILES string of the molecule is Cc1cc(C)c2c(n1)oc1c(-c3n(-c4c(C(C)C)cc(-c5ccccc5)cc4C(C)C)cc[n+]3C)c(C)ccc12. The van der Waals surface area contributed by atoms with Gasteiger partial charge in [0.15, 0.2) is 5.58 Å². The van der Waals surface area contributed by atoms with Crippen LogP contribution in [0.15, 0.2) is 77.5 Å². The average molecular weight is 529 g/mol. The molecule has 6 rings (SSSR count). The van der Waals surface area contributed by atoms with E-state index in [1.165, 1.54) is 39.1 Å². The van der Waals surface area contributed by atoms with Gasteiger partial charge in [0.05, 0.1) is 12.4 Å². The topological polar surface area (TPSA) is 34.8 Å². The van der Waals surface area contributed by atoms with Gasteiger partial charge in [0.1, 0.15) is 23.6 Å². The predicted molar refractivity (Wildman–Crippen MR) is 165 cm³/mol. The van der Waals surface area contributed by atoms with Crippen LogP contribution in [-0.4, -0.2) is 9.55 Å². The smallest absolute Gasteiger partial charge is 0.297 e. The highest BCUT2D eigenvalue weighted by Crippen LogP contribution is 2.41. The van der Waals surface area contributed by atoms with E-state index in [9.17, 15) is 0 Å². The average Bonchev–Trinajstić information content (AvgIpc) is 3.48. The van der Waals surface area contributed by atoms with Gasteiger partial charge in [-0.05, 0) is 73.1 Å². The van der Waals surface area contributed by atoms with E-state index >= 15 is 0 Å². The number of aromatic nitrogens is 3. The third kappa shape index (κ3) is 4.14. The Kier molecular flexibility index (Phi) is 6.37. The standard InChI is InChI=1S/C36H38N3O/c1-21(2)29-19-27(26-12-10-9-11-13-26)20-30(22(3)4)33(29)39-17-16-38(8)36(39)32-23(5)14-15-28-31-24(6)18-25(7)37-35(31)40-34(28)32/h9-22H,1-8H3/q+1. The molecule has 3 aromatic heterocycles. The van der Waals surface area contributed by atoms with Crippen molar-refractivity contribution in [3.63, 3.8) is 0 Å². The molecular formula is C36H38N3O+. The van der Waals surface area contributed by atoms with Crippen molar-refractivity contribution in [3.05, 3.63) is 101 Å². The van der Waals surface area contributed by atoms with E-state index in [1.54, 1.807) is 0 Å². The zero-order valence-electron chi connectivity index (χ0n) is 24.8. The first kappa shape index (κ1) is 26.1. The fourth-order valence-electron chi connectivity index (χ4n) is 6.15. The molecule has 0 radical (unpaired) electrons. The third-order valence-electron chi connectivity index (χ3n) is 8.13. The maximum atomic E-state index is 6.59. The molecule has 0 aliphatic rings. The van der Waals surface area contributed by atoms with Crippen molar-refractivity contribution in [2.24, 2.45) is 7.05 Å². The molecule has 0 bridgehead atoms. The highest BCUT2D eigenvalue weighted by Gasteiger charge is 2.30. The van der Waals surface area contributed by atoms with Crippen LogP contribution in [-0.2, 0) is 7.05 Å². The minimum atomic E-state index is 0.342. The zero-order valence-corrected chi connectivity index (χ0v) is 24.8. The van der Waals surface area contributed by atoms with Gasteiger partial charge in [-0.25, -0.2) is 9.55 Å². The van der Waals surface area contributed by atoms with Crippen LogP contribution in [0.1, 0.15) is 67.5 Å². The Morgan fingerprint density at radius 3 is 2.12 bits per heavy atom. The van der Waals surface area contributed by atoms with Gasteiger partial charge in [-0.15, -0.1) is 0 Å². The van der Waals surface area contributed by atoms with Crippen molar-refractivity contribution in [1.82, 2.24) is 9.55 Å². The fraction of sp³-hybridized carbons (Fsp3) is 0.278. The van der Waals surface area contributed by atoms with Gasteiger partial charge < -0.3 is 4.42 Å². The summed E-state index contributed by atoms with van der Waals surface area (Å²) in [4.78, 5) is 4.76. The number of imidazole rings is 1. The molecule has 0 fully saturated rings. The van der Waals surface area contributed by atoms with Crippen molar-refractivity contribution in [2.75, 3.05) is 0 Å². The zero-order chi connectivity index (χ0) is 28.3. The summed E-state index contributed by atoms with van der Waals surface area (Å²) in [7, 11) is 2.13. The summed E-state index contributed by atoms with van der Waals surface area (Å²) in [6.07, 6.45) is 4.36. The Labute approximate surface area is 236 Å². The lowest BCUT2D eigenvalue weighted by Gasteiger charge is -2.20.